The second kappa shape index (κ2) is 15.8. The Kier molecular flexibility index (Phi) is 14.4. The number of aliphatic carboxylic acids is 1. The molecule has 32 heavy (non-hydrogen) atoms. The summed E-state index contributed by atoms with van der Waals surface area (Å²) in [6.45, 7) is 3.77. The SMILES string of the molecule is CC(C)C(N)C(=O)NC(CCCN=C(N)N)C(=O)NCC(=O)NC(CCCCN)C(=O)O. The molecule has 184 valence electrons. The molecule has 0 aliphatic rings. The Hall–Kier alpha value is -2.93. The van der Waals surface area contributed by atoms with Crippen LogP contribution in [0.2, 0.25) is 0 Å². The Morgan fingerprint density at radius 3 is 2.09 bits per heavy atom. The standard InChI is InChI=1S/C19H38N8O5/c1-11(2)15(21)17(30)27-12(7-5-9-24-19(22)23)16(29)25-10-14(28)26-13(18(31)32)6-3-4-8-20/h11-13,15H,3-10,20-21H2,1-2H3,(H,25,29)(H,26,28)(H,27,30)(H,31,32)(H4,22,23,24). The van der Waals surface area contributed by atoms with Gasteiger partial charge in [0, 0.05) is 6.54 Å². The monoisotopic (exact) mass is 458 g/mol. The Bertz CT molecular complexity index is 652. The van der Waals surface area contributed by atoms with Gasteiger partial charge in [0.25, 0.3) is 0 Å². The lowest BCUT2D eigenvalue weighted by atomic mass is 10.0. The van der Waals surface area contributed by atoms with Gasteiger partial charge in [0.2, 0.25) is 17.7 Å². The first-order valence-corrected chi connectivity index (χ1v) is 10.6. The number of rotatable bonds is 16. The number of hydrogen-bond acceptors (Lipinski definition) is 7. The second-order valence-electron chi connectivity index (χ2n) is 7.74. The maximum Gasteiger partial charge on any atom is 0.326 e. The molecule has 0 saturated heterocycles. The molecule has 12 N–H and O–H groups in total. The minimum Gasteiger partial charge on any atom is -0.480 e. The van der Waals surface area contributed by atoms with Gasteiger partial charge in [-0.1, -0.05) is 13.8 Å². The highest BCUT2D eigenvalue weighted by molar-refractivity contribution is 5.92. The van der Waals surface area contributed by atoms with Gasteiger partial charge >= 0.3 is 5.97 Å². The van der Waals surface area contributed by atoms with Gasteiger partial charge in [0.1, 0.15) is 12.1 Å². The van der Waals surface area contributed by atoms with E-state index in [0.29, 0.717) is 25.8 Å². The molecule has 0 aromatic rings. The van der Waals surface area contributed by atoms with Crippen LogP contribution in [0.5, 0.6) is 0 Å². The Morgan fingerprint density at radius 1 is 0.938 bits per heavy atom. The molecule has 0 aromatic heterocycles. The Balaban J connectivity index is 4.91. The molecule has 0 heterocycles. The highest BCUT2D eigenvalue weighted by Crippen LogP contribution is 2.04. The van der Waals surface area contributed by atoms with Crippen LogP contribution in [0.1, 0.15) is 46.0 Å². The van der Waals surface area contributed by atoms with Crippen molar-refractivity contribution in [2.24, 2.45) is 33.8 Å². The molecular weight excluding hydrogens is 420 g/mol. The summed E-state index contributed by atoms with van der Waals surface area (Å²) in [5.41, 5.74) is 21.8. The van der Waals surface area contributed by atoms with Crippen molar-refractivity contribution >= 4 is 29.7 Å². The van der Waals surface area contributed by atoms with Gasteiger partial charge in [0.15, 0.2) is 5.96 Å². The smallest absolute Gasteiger partial charge is 0.326 e. The first-order valence-electron chi connectivity index (χ1n) is 10.6. The van der Waals surface area contributed by atoms with Gasteiger partial charge < -0.3 is 44.0 Å². The molecule has 13 heteroatoms. The summed E-state index contributed by atoms with van der Waals surface area (Å²) in [5, 5.41) is 16.6. The van der Waals surface area contributed by atoms with E-state index in [2.05, 4.69) is 20.9 Å². The number of carbonyl (C=O) groups is 4. The van der Waals surface area contributed by atoms with Crippen molar-refractivity contribution in [3.8, 4) is 0 Å². The normalized spacial score (nSPS) is 13.5. The average molecular weight is 459 g/mol. The number of carboxylic acid groups (broad SMARTS) is 1. The number of amides is 3. The lowest BCUT2D eigenvalue weighted by Gasteiger charge is -2.22. The molecule has 0 rings (SSSR count). The van der Waals surface area contributed by atoms with Crippen LogP contribution < -0.4 is 38.9 Å². The molecular formula is C19H38N8O5. The Morgan fingerprint density at radius 2 is 1.56 bits per heavy atom. The van der Waals surface area contributed by atoms with Crippen molar-refractivity contribution in [1.29, 1.82) is 0 Å². The number of unbranched alkanes of at least 4 members (excludes halogenated alkanes) is 1. The third kappa shape index (κ3) is 12.7. The van der Waals surface area contributed by atoms with E-state index in [-0.39, 0.29) is 31.3 Å². The number of nitrogens with zero attached hydrogens (tertiary/aromatic N) is 1. The van der Waals surface area contributed by atoms with Crippen molar-refractivity contribution in [2.45, 2.75) is 64.1 Å². The van der Waals surface area contributed by atoms with Crippen molar-refractivity contribution < 1.29 is 24.3 Å². The van der Waals surface area contributed by atoms with E-state index in [1.54, 1.807) is 13.8 Å². The number of hydrogen-bond donors (Lipinski definition) is 8. The fourth-order valence-electron chi connectivity index (χ4n) is 2.63. The zero-order chi connectivity index (χ0) is 24.7. The first kappa shape index (κ1) is 29.1. The lowest BCUT2D eigenvalue weighted by molar-refractivity contribution is -0.142. The lowest BCUT2D eigenvalue weighted by Crippen LogP contribution is -2.54. The fraction of sp³-hybridized carbons (Fsp3) is 0.737. The van der Waals surface area contributed by atoms with Crippen LogP contribution in [0, 0.1) is 5.92 Å². The summed E-state index contributed by atoms with van der Waals surface area (Å²) in [5.74, 6) is -3.18. The predicted molar refractivity (Wildman–Crippen MR) is 120 cm³/mol. The molecule has 3 amide bonds. The van der Waals surface area contributed by atoms with Crippen LogP contribution in [0.25, 0.3) is 0 Å². The van der Waals surface area contributed by atoms with Gasteiger partial charge in [-0.15, -0.1) is 0 Å². The van der Waals surface area contributed by atoms with E-state index in [4.69, 9.17) is 22.9 Å². The summed E-state index contributed by atoms with van der Waals surface area (Å²) in [6.07, 6.45) is 2.00. The minimum atomic E-state index is -1.17. The van der Waals surface area contributed by atoms with Crippen molar-refractivity contribution in [3.05, 3.63) is 0 Å². The van der Waals surface area contributed by atoms with Crippen molar-refractivity contribution in [2.75, 3.05) is 19.6 Å². The third-order valence-corrected chi connectivity index (χ3v) is 4.60. The number of nitrogens with one attached hydrogen (secondary N) is 3. The summed E-state index contributed by atoms with van der Waals surface area (Å²) in [7, 11) is 0. The van der Waals surface area contributed by atoms with Gasteiger partial charge in [-0.3, -0.25) is 19.4 Å². The number of nitrogens with two attached hydrogens (primary N) is 4. The zero-order valence-corrected chi connectivity index (χ0v) is 18.8. The van der Waals surface area contributed by atoms with Gasteiger partial charge in [0.05, 0.1) is 12.6 Å². The van der Waals surface area contributed by atoms with Crippen molar-refractivity contribution in [1.82, 2.24) is 16.0 Å². The van der Waals surface area contributed by atoms with Crippen LogP contribution in [-0.2, 0) is 19.2 Å². The maximum atomic E-state index is 12.6. The average Bonchev–Trinajstić information content (AvgIpc) is 2.72. The molecule has 0 bridgehead atoms. The molecule has 13 nitrogen and oxygen atoms in total. The molecule has 0 fully saturated rings. The van der Waals surface area contributed by atoms with Gasteiger partial charge in [-0.25, -0.2) is 4.79 Å². The Labute approximate surface area is 188 Å². The molecule has 0 aliphatic heterocycles. The molecule has 3 unspecified atom stereocenters. The molecule has 0 radical (unpaired) electrons. The highest BCUT2D eigenvalue weighted by Gasteiger charge is 2.26. The van der Waals surface area contributed by atoms with Gasteiger partial charge in [-0.05, 0) is 44.6 Å². The third-order valence-electron chi connectivity index (χ3n) is 4.60. The van der Waals surface area contributed by atoms with Crippen LogP contribution in [-0.4, -0.2) is 72.5 Å². The van der Waals surface area contributed by atoms with Crippen LogP contribution in [0.3, 0.4) is 0 Å². The molecule has 3 atom stereocenters. The second-order valence-corrected chi connectivity index (χ2v) is 7.74. The van der Waals surface area contributed by atoms with E-state index < -0.39 is 48.4 Å². The largest absolute Gasteiger partial charge is 0.480 e. The fourth-order valence-corrected chi connectivity index (χ4v) is 2.63. The van der Waals surface area contributed by atoms with Crippen molar-refractivity contribution in [3.63, 3.8) is 0 Å². The summed E-state index contributed by atoms with van der Waals surface area (Å²) >= 11 is 0. The van der Waals surface area contributed by atoms with E-state index in [0.717, 1.165) is 0 Å². The number of carbonyl (C=O) groups excluding carboxylic acids is 3. The predicted octanol–water partition coefficient (Wildman–Crippen LogP) is -2.68. The molecule has 0 aromatic carbocycles. The van der Waals surface area contributed by atoms with E-state index in [9.17, 15) is 24.3 Å². The van der Waals surface area contributed by atoms with Gasteiger partial charge in [-0.2, -0.15) is 0 Å². The zero-order valence-electron chi connectivity index (χ0n) is 18.8. The first-order chi connectivity index (χ1) is 15.0. The number of guanidine groups is 1. The maximum absolute atomic E-state index is 12.6. The minimum absolute atomic E-state index is 0.0898. The molecule has 0 spiro atoms. The van der Waals surface area contributed by atoms with E-state index in [1.165, 1.54) is 0 Å². The van der Waals surface area contributed by atoms with Crippen LogP contribution in [0.15, 0.2) is 4.99 Å². The van der Waals surface area contributed by atoms with Crippen LogP contribution >= 0.6 is 0 Å². The number of aliphatic imine (C=N–C) groups is 1. The molecule has 0 aliphatic carbocycles. The summed E-state index contributed by atoms with van der Waals surface area (Å²) in [4.78, 5) is 52.1. The quantitative estimate of drug-likeness (QED) is 0.0681. The number of carboxylic acids is 1. The van der Waals surface area contributed by atoms with Crippen LogP contribution in [0.4, 0.5) is 0 Å². The summed E-state index contributed by atoms with van der Waals surface area (Å²) < 4.78 is 0. The van der Waals surface area contributed by atoms with E-state index >= 15 is 0 Å². The molecule has 0 saturated carbocycles. The highest BCUT2D eigenvalue weighted by atomic mass is 16.4. The topological polar surface area (TPSA) is 241 Å². The van der Waals surface area contributed by atoms with E-state index in [1.807, 2.05) is 0 Å². The summed E-state index contributed by atoms with van der Waals surface area (Å²) in [6, 6.07) is -2.85.